The van der Waals surface area contributed by atoms with Gasteiger partial charge in [0.05, 0.1) is 28.9 Å². The van der Waals surface area contributed by atoms with Gasteiger partial charge in [0.25, 0.3) is 0 Å². The number of carbonyl (C=O) groups is 1. The molecule has 2 aromatic rings. The van der Waals surface area contributed by atoms with Gasteiger partial charge in [-0.3, -0.25) is 4.79 Å². The molecular formula is C20H23Cl2NO2S. The molecule has 1 unspecified atom stereocenters. The highest BCUT2D eigenvalue weighted by Gasteiger charge is 2.14. The van der Waals surface area contributed by atoms with Crippen molar-refractivity contribution < 1.29 is 9.53 Å². The van der Waals surface area contributed by atoms with Crippen LogP contribution in [-0.4, -0.2) is 18.8 Å². The van der Waals surface area contributed by atoms with E-state index in [1.165, 1.54) is 0 Å². The minimum absolute atomic E-state index is 0.00215. The summed E-state index contributed by atoms with van der Waals surface area (Å²) in [6.07, 6.45) is 0.828. The molecule has 0 fully saturated rings. The first-order valence-corrected chi connectivity index (χ1v) is 10.3. The Labute approximate surface area is 169 Å². The fraction of sp³-hybridized carbons (Fsp3) is 0.350. The zero-order valence-electron chi connectivity index (χ0n) is 15.1. The molecule has 0 bridgehead atoms. The predicted octanol–water partition coefficient (Wildman–Crippen LogP) is 5.81. The third kappa shape index (κ3) is 5.83. The summed E-state index contributed by atoms with van der Waals surface area (Å²) in [7, 11) is 1.66. The normalized spacial score (nSPS) is 11.9. The van der Waals surface area contributed by atoms with Crippen molar-refractivity contribution in [3.63, 3.8) is 0 Å². The Morgan fingerprint density at radius 3 is 2.58 bits per heavy atom. The van der Waals surface area contributed by atoms with Crippen molar-refractivity contribution in [1.29, 1.82) is 0 Å². The van der Waals surface area contributed by atoms with Crippen molar-refractivity contribution in [2.45, 2.75) is 32.1 Å². The zero-order chi connectivity index (χ0) is 19.1. The van der Waals surface area contributed by atoms with Crippen LogP contribution in [0.25, 0.3) is 0 Å². The molecule has 1 atom stereocenters. The van der Waals surface area contributed by atoms with Crippen LogP contribution in [0.5, 0.6) is 5.75 Å². The molecule has 0 saturated carbocycles. The van der Waals surface area contributed by atoms with Crippen LogP contribution in [-0.2, 0) is 10.5 Å². The van der Waals surface area contributed by atoms with Gasteiger partial charge in [-0.1, -0.05) is 48.3 Å². The highest BCUT2D eigenvalue weighted by molar-refractivity contribution is 7.99. The minimum Gasteiger partial charge on any atom is -0.496 e. The predicted molar refractivity (Wildman–Crippen MR) is 112 cm³/mol. The lowest BCUT2D eigenvalue weighted by atomic mass is 10.0. The van der Waals surface area contributed by atoms with Gasteiger partial charge in [-0.05, 0) is 48.2 Å². The standard InChI is InChI=1S/C20H23Cl2NO2S/c1-4-18(15-6-8-19(25-3)13(2)9-15)23-20(24)12-26-11-14-5-7-16(21)17(22)10-14/h5-10,18H,4,11-12H2,1-3H3,(H,23,24). The monoisotopic (exact) mass is 411 g/mol. The second-order valence-corrected chi connectivity index (χ2v) is 7.80. The molecule has 1 amide bonds. The van der Waals surface area contributed by atoms with Gasteiger partial charge >= 0.3 is 0 Å². The molecule has 0 saturated heterocycles. The number of nitrogens with one attached hydrogen (secondary N) is 1. The number of thioether (sulfide) groups is 1. The lowest BCUT2D eigenvalue weighted by Gasteiger charge is -2.19. The van der Waals surface area contributed by atoms with E-state index in [9.17, 15) is 4.79 Å². The number of halogens is 2. The van der Waals surface area contributed by atoms with Crippen molar-refractivity contribution in [3.05, 3.63) is 63.1 Å². The van der Waals surface area contributed by atoms with E-state index in [1.54, 1.807) is 24.9 Å². The Bertz CT molecular complexity index is 767. The summed E-state index contributed by atoms with van der Waals surface area (Å²) in [5, 5.41) is 4.18. The van der Waals surface area contributed by atoms with Gasteiger partial charge in [0, 0.05) is 5.75 Å². The van der Waals surface area contributed by atoms with E-state index in [4.69, 9.17) is 27.9 Å². The van der Waals surface area contributed by atoms with Gasteiger partial charge in [0.2, 0.25) is 5.91 Å². The summed E-state index contributed by atoms with van der Waals surface area (Å²) in [5.74, 6) is 1.98. The number of methoxy groups -OCH3 is 1. The Morgan fingerprint density at radius 2 is 1.96 bits per heavy atom. The lowest BCUT2D eigenvalue weighted by molar-refractivity contribution is -0.119. The smallest absolute Gasteiger partial charge is 0.230 e. The average molecular weight is 412 g/mol. The van der Waals surface area contributed by atoms with Gasteiger partial charge < -0.3 is 10.1 Å². The van der Waals surface area contributed by atoms with E-state index in [2.05, 4.69) is 18.3 Å². The molecule has 0 heterocycles. The third-order valence-electron chi connectivity index (χ3n) is 4.05. The Balaban J connectivity index is 1.88. The van der Waals surface area contributed by atoms with E-state index in [0.717, 1.165) is 28.9 Å². The number of benzene rings is 2. The number of aryl methyl sites for hydroxylation is 1. The number of hydrogen-bond donors (Lipinski definition) is 1. The molecule has 26 heavy (non-hydrogen) atoms. The first kappa shape index (κ1) is 20.9. The topological polar surface area (TPSA) is 38.3 Å². The maximum atomic E-state index is 12.3. The van der Waals surface area contributed by atoms with Crippen LogP contribution in [0.3, 0.4) is 0 Å². The first-order valence-electron chi connectivity index (χ1n) is 8.40. The SMILES string of the molecule is CCC(NC(=O)CSCc1ccc(Cl)c(Cl)c1)c1ccc(OC)c(C)c1. The summed E-state index contributed by atoms with van der Waals surface area (Å²) in [6.45, 7) is 4.07. The molecule has 0 aromatic heterocycles. The quantitative estimate of drug-likeness (QED) is 0.595. The second kappa shape index (κ2) is 10.1. The van der Waals surface area contributed by atoms with E-state index < -0.39 is 0 Å². The Kier molecular flexibility index (Phi) is 8.14. The van der Waals surface area contributed by atoms with Crippen LogP contribution < -0.4 is 10.1 Å². The molecule has 2 aromatic carbocycles. The molecule has 0 radical (unpaired) electrons. The summed E-state index contributed by atoms with van der Waals surface area (Å²) in [4.78, 5) is 12.3. The number of carbonyl (C=O) groups excluding carboxylic acids is 1. The fourth-order valence-electron chi connectivity index (χ4n) is 2.67. The number of amides is 1. The summed E-state index contributed by atoms with van der Waals surface area (Å²) in [5.41, 5.74) is 3.20. The Morgan fingerprint density at radius 1 is 1.19 bits per heavy atom. The largest absolute Gasteiger partial charge is 0.496 e. The van der Waals surface area contributed by atoms with E-state index in [-0.39, 0.29) is 11.9 Å². The van der Waals surface area contributed by atoms with Crippen LogP contribution in [0.4, 0.5) is 0 Å². The number of hydrogen-bond acceptors (Lipinski definition) is 3. The highest BCUT2D eigenvalue weighted by atomic mass is 35.5. The summed E-state index contributed by atoms with van der Waals surface area (Å²) < 4.78 is 5.30. The van der Waals surface area contributed by atoms with Gasteiger partial charge in [-0.25, -0.2) is 0 Å². The van der Waals surface area contributed by atoms with Gasteiger partial charge in [-0.2, -0.15) is 0 Å². The van der Waals surface area contributed by atoms with Crippen molar-refractivity contribution in [3.8, 4) is 5.75 Å². The second-order valence-electron chi connectivity index (χ2n) is 6.00. The lowest BCUT2D eigenvalue weighted by Crippen LogP contribution is -2.29. The highest BCUT2D eigenvalue weighted by Crippen LogP contribution is 2.26. The molecule has 140 valence electrons. The van der Waals surface area contributed by atoms with E-state index in [1.807, 2.05) is 31.2 Å². The van der Waals surface area contributed by atoms with Crippen LogP contribution in [0, 0.1) is 6.92 Å². The molecule has 0 aliphatic heterocycles. The molecular weight excluding hydrogens is 389 g/mol. The minimum atomic E-state index is -0.00215. The van der Waals surface area contributed by atoms with Crippen molar-refractivity contribution in [2.75, 3.05) is 12.9 Å². The van der Waals surface area contributed by atoms with Crippen LogP contribution >= 0.6 is 35.0 Å². The molecule has 0 spiro atoms. The summed E-state index contributed by atoms with van der Waals surface area (Å²) in [6, 6.07) is 11.5. The molecule has 0 aliphatic carbocycles. The van der Waals surface area contributed by atoms with Crippen molar-refractivity contribution in [2.24, 2.45) is 0 Å². The maximum absolute atomic E-state index is 12.3. The van der Waals surface area contributed by atoms with Crippen LogP contribution in [0.15, 0.2) is 36.4 Å². The average Bonchev–Trinajstić information content (AvgIpc) is 2.62. The van der Waals surface area contributed by atoms with Gasteiger partial charge in [0.15, 0.2) is 0 Å². The third-order valence-corrected chi connectivity index (χ3v) is 5.79. The number of rotatable bonds is 8. The van der Waals surface area contributed by atoms with Gasteiger partial charge in [-0.15, -0.1) is 11.8 Å². The van der Waals surface area contributed by atoms with E-state index in [0.29, 0.717) is 21.6 Å². The van der Waals surface area contributed by atoms with Crippen LogP contribution in [0.2, 0.25) is 10.0 Å². The number of ether oxygens (including phenoxy) is 1. The zero-order valence-corrected chi connectivity index (χ0v) is 17.5. The van der Waals surface area contributed by atoms with Crippen molar-refractivity contribution >= 4 is 40.9 Å². The maximum Gasteiger partial charge on any atom is 0.230 e. The summed E-state index contributed by atoms with van der Waals surface area (Å²) >= 11 is 13.5. The van der Waals surface area contributed by atoms with Crippen LogP contribution in [0.1, 0.15) is 36.1 Å². The molecule has 2 rings (SSSR count). The molecule has 3 nitrogen and oxygen atoms in total. The molecule has 0 aliphatic rings. The molecule has 6 heteroatoms. The Hall–Kier alpha value is -1.36. The van der Waals surface area contributed by atoms with E-state index >= 15 is 0 Å². The fourth-order valence-corrected chi connectivity index (χ4v) is 3.77. The van der Waals surface area contributed by atoms with Crippen molar-refractivity contribution in [1.82, 2.24) is 5.32 Å². The molecule has 1 N–H and O–H groups in total. The van der Waals surface area contributed by atoms with Gasteiger partial charge in [0.1, 0.15) is 5.75 Å². The first-order chi connectivity index (χ1) is 12.4.